The van der Waals surface area contributed by atoms with Gasteiger partial charge in [0.1, 0.15) is 0 Å². The van der Waals surface area contributed by atoms with E-state index in [1.165, 1.54) is 0 Å². The van der Waals surface area contributed by atoms with E-state index in [2.05, 4.69) is 10.3 Å². The summed E-state index contributed by atoms with van der Waals surface area (Å²) in [5.41, 5.74) is 4.81. The number of aryl methyl sites for hydroxylation is 1. The number of benzene rings is 2. The molecule has 5 nitrogen and oxygen atoms in total. The van der Waals surface area contributed by atoms with Crippen molar-refractivity contribution >= 4 is 23.2 Å². The molecule has 0 bridgehead atoms. The van der Waals surface area contributed by atoms with Gasteiger partial charge in [-0.2, -0.15) is 0 Å². The topological polar surface area (TPSA) is 62.3 Å². The quantitative estimate of drug-likeness (QED) is 0.774. The Hall–Kier alpha value is -3.47. The minimum atomic E-state index is -0.168. The number of rotatable bonds is 4. The first kappa shape index (κ1) is 17.0. The van der Waals surface area contributed by atoms with Gasteiger partial charge in [0.25, 0.3) is 5.91 Å². The number of hydrogen-bond donors (Lipinski definition) is 1. The summed E-state index contributed by atoms with van der Waals surface area (Å²) in [6.07, 6.45) is 3.55. The second-order valence-electron chi connectivity index (χ2n) is 6.60. The van der Waals surface area contributed by atoms with Crippen molar-refractivity contribution in [1.82, 2.24) is 4.98 Å². The Balaban J connectivity index is 1.59. The molecule has 27 heavy (non-hydrogen) atoms. The zero-order valence-corrected chi connectivity index (χ0v) is 15.0. The van der Waals surface area contributed by atoms with Crippen LogP contribution in [0.15, 0.2) is 67.0 Å². The molecule has 2 heterocycles. The van der Waals surface area contributed by atoms with Gasteiger partial charge in [0.15, 0.2) is 0 Å². The van der Waals surface area contributed by atoms with E-state index < -0.39 is 0 Å². The number of anilines is 2. The van der Waals surface area contributed by atoms with Crippen molar-refractivity contribution in [2.45, 2.75) is 19.9 Å². The van der Waals surface area contributed by atoms with Crippen molar-refractivity contribution in [3.63, 3.8) is 0 Å². The molecule has 2 amide bonds. The minimum Gasteiger partial charge on any atom is -0.325 e. The van der Waals surface area contributed by atoms with Gasteiger partial charge in [0.05, 0.1) is 24.2 Å². The second kappa shape index (κ2) is 7.03. The number of nitrogens with one attached hydrogen (secondary N) is 1. The SMILES string of the molecule is Cc1ccccc1N1Cc2cccc(NC(=O)Cc3cccnc3)c2C1=O. The summed E-state index contributed by atoms with van der Waals surface area (Å²) in [7, 11) is 0. The Labute approximate surface area is 157 Å². The Morgan fingerprint density at radius 2 is 1.96 bits per heavy atom. The Kier molecular flexibility index (Phi) is 4.42. The van der Waals surface area contributed by atoms with Crippen LogP contribution in [0, 0.1) is 6.92 Å². The number of nitrogens with zero attached hydrogens (tertiary/aromatic N) is 2. The van der Waals surface area contributed by atoms with Crippen LogP contribution in [0.2, 0.25) is 0 Å². The highest BCUT2D eigenvalue weighted by Crippen LogP contribution is 2.34. The number of carbonyl (C=O) groups excluding carboxylic acids is 2. The van der Waals surface area contributed by atoms with E-state index >= 15 is 0 Å². The molecule has 1 N–H and O–H groups in total. The summed E-state index contributed by atoms with van der Waals surface area (Å²) in [6.45, 7) is 2.49. The molecule has 0 saturated heterocycles. The van der Waals surface area contributed by atoms with Gasteiger partial charge >= 0.3 is 0 Å². The first-order chi connectivity index (χ1) is 13.1. The van der Waals surface area contributed by atoms with Crippen molar-refractivity contribution in [1.29, 1.82) is 0 Å². The van der Waals surface area contributed by atoms with Gasteiger partial charge in [-0.3, -0.25) is 14.6 Å². The average Bonchev–Trinajstić information content (AvgIpc) is 3.00. The second-order valence-corrected chi connectivity index (χ2v) is 6.60. The maximum Gasteiger partial charge on any atom is 0.261 e. The molecule has 2 aromatic carbocycles. The number of para-hydroxylation sites is 1. The lowest BCUT2D eigenvalue weighted by molar-refractivity contribution is -0.115. The molecule has 3 aromatic rings. The number of aromatic nitrogens is 1. The van der Waals surface area contributed by atoms with Gasteiger partial charge in [-0.15, -0.1) is 0 Å². The van der Waals surface area contributed by atoms with Crippen molar-refractivity contribution in [2.24, 2.45) is 0 Å². The molecule has 0 atom stereocenters. The third kappa shape index (κ3) is 3.31. The number of amides is 2. The summed E-state index contributed by atoms with van der Waals surface area (Å²) in [6, 6.07) is 17.0. The third-order valence-corrected chi connectivity index (χ3v) is 4.71. The number of hydrogen-bond acceptors (Lipinski definition) is 3. The molecule has 1 aromatic heterocycles. The van der Waals surface area contributed by atoms with Gasteiger partial charge < -0.3 is 10.2 Å². The monoisotopic (exact) mass is 357 g/mol. The summed E-state index contributed by atoms with van der Waals surface area (Å²) in [4.78, 5) is 31.3. The largest absolute Gasteiger partial charge is 0.325 e. The fourth-order valence-corrected chi connectivity index (χ4v) is 3.41. The lowest BCUT2D eigenvalue weighted by atomic mass is 10.1. The van der Waals surface area contributed by atoms with E-state index in [0.29, 0.717) is 17.8 Å². The lowest BCUT2D eigenvalue weighted by Crippen LogP contribution is -2.24. The van der Waals surface area contributed by atoms with Crippen molar-refractivity contribution < 1.29 is 9.59 Å². The lowest BCUT2D eigenvalue weighted by Gasteiger charge is -2.18. The molecule has 0 unspecified atom stereocenters. The van der Waals surface area contributed by atoms with Gasteiger partial charge in [0.2, 0.25) is 5.91 Å². The van der Waals surface area contributed by atoms with Gasteiger partial charge in [-0.25, -0.2) is 0 Å². The van der Waals surface area contributed by atoms with E-state index in [4.69, 9.17) is 0 Å². The van der Waals surface area contributed by atoms with Crippen LogP contribution in [-0.4, -0.2) is 16.8 Å². The first-order valence-corrected chi connectivity index (χ1v) is 8.81. The molecular formula is C22H19N3O2. The molecule has 0 saturated carbocycles. The van der Waals surface area contributed by atoms with E-state index in [1.807, 2.05) is 49.4 Å². The molecule has 5 heteroatoms. The first-order valence-electron chi connectivity index (χ1n) is 8.81. The van der Waals surface area contributed by atoms with Crippen molar-refractivity contribution in [2.75, 3.05) is 10.2 Å². The molecular weight excluding hydrogens is 338 g/mol. The molecule has 4 rings (SSSR count). The molecule has 0 spiro atoms. The maximum absolute atomic E-state index is 13.1. The summed E-state index contributed by atoms with van der Waals surface area (Å²) >= 11 is 0. The van der Waals surface area contributed by atoms with Crippen LogP contribution in [0.3, 0.4) is 0 Å². The average molecular weight is 357 g/mol. The summed E-state index contributed by atoms with van der Waals surface area (Å²) < 4.78 is 0. The molecule has 0 aliphatic carbocycles. The molecule has 1 aliphatic heterocycles. The van der Waals surface area contributed by atoms with E-state index in [0.717, 1.165) is 22.4 Å². The molecule has 0 fully saturated rings. The van der Waals surface area contributed by atoms with Gasteiger partial charge in [-0.1, -0.05) is 36.4 Å². The number of pyridine rings is 1. The van der Waals surface area contributed by atoms with Gasteiger partial charge in [0, 0.05) is 18.1 Å². The fraction of sp³-hybridized carbons (Fsp3) is 0.136. The number of fused-ring (bicyclic) bond motifs is 1. The Morgan fingerprint density at radius 1 is 1.11 bits per heavy atom. The Bertz CT molecular complexity index is 1020. The highest BCUT2D eigenvalue weighted by atomic mass is 16.2. The van der Waals surface area contributed by atoms with Crippen LogP contribution in [0.25, 0.3) is 0 Å². The highest BCUT2D eigenvalue weighted by Gasteiger charge is 2.31. The normalized spacial score (nSPS) is 12.8. The van der Waals surface area contributed by atoms with Crippen LogP contribution in [0.1, 0.15) is 27.0 Å². The maximum atomic E-state index is 13.1. The molecule has 134 valence electrons. The number of carbonyl (C=O) groups is 2. The zero-order valence-electron chi connectivity index (χ0n) is 15.0. The van der Waals surface area contributed by atoms with Crippen LogP contribution >= 0.6 is 0 Å². The van der Waals surface area contributed by atoms with Gasteiger partial charge in [-0.05, 0) is 41.8 Å². The zero-order chi connectivity index (χ0) is 18.8. The van der Waals surface area contributed by atoms with Crippen molar-refractivity contribution in [3.8, 4) is 0 Å². The predicted octanol–water partition coefficient (Wildman–Crippen LogP) is 3.73. The molecule has 0 radical (unpaired) electrons. The van der Waals surface area contributed by atoms with Crippen molar-refractivity contribution in [3.05, 3.63) is 89.2 Å². The Morgan fingerprint density at radius 3 is 2.74 bits per heavy atom. The van der Waals surface area contributed by atoms with Crippen LogP contribution in [0.5, 0.6) is 0 Å². The smallest absolute Gasteiger partial charge is 0.261 e. The van der Waals surface area contributed by atoms with E-state index in [1.54, 1.807) is 29.4 Å². The van der Waals surface area contributed by atoms with Crippen LogP contribution in [-0.2, 0) is 17.8 Å². The highest BCUT2D eigenvalue weighted by molar-refractivity contribution is 6.15. The predicted molar refractivity (Wildman–Crippen MR) is 105 cm³/mol. The molecule has 1 aliphatic rings. The van der Waals surface area contributed by atoms with Crippen LogP contribution in [0.4, 0.5) is 11.4 Å². The summed E-state index contributed by atoms with van der Waals surface area (Å²) in [5, 5.41) is 2.89. The third-order valence-electron chi connectivity index (χ3n) is 4.71. The fourth-order valence-electron chi connectivity index (χ4n) is 3.41. The van der Waals surface area contributed by atoms with Crippen LogP contribution < -0.4 is 10.2 Å². The standard InChI is InChI=1S/C22H19N3O2/c1-15-6-2-3-10-19(15)25-14-17-8-4-9-18(21(17)22(25)27)24-20(26)12-16-7-5-11-23-13-16/h2-11,13H,12,14H2,1H3,(H,24,26). The van der Waals surface area contributed by atoms with E-state index in [-0.39, 0.29) is 18.2 Å². The summed E-state index contributed by atoms with van der Waals surface area (Å²) in [5.74, 6) is -0.255. The minimum absolute atomic E-state index is 0.0865. The van der Waals surface area contributed by atoms with E-state index in [9.17, 15) is 9.59 Å².